The fraction of sp³-hybridized carbons (Fsp3) is 0.286. The van der Waals surface area contributed by atoms with Gasteiger partial charge in [0.2, 0.25) is 0 Å². The summed E-state index contributed by atoms with van der Waals surface area (Å²) in [5.74, 6) is -0.420. The molecule has 0 saturated heterocycles. The van der Waals surface area contributed by atoms with E-state index in [-0.39, 0.29) is 35.0 Å². The van der Waals surface area contributed by atoms with Crippen molar-refractivity contribution >= 4 is 39.5 Å². The number of aliphatic hydroxyl groups is 1. The number of allylic oxidation sites excluding steroid dienone is 3. The molecule has 224 valence electrons. The van der Waals surface area contributed by atoms with Gasteiger partial charge in [-0.1, -0.05) is 73.8 Å². The molecule has 0 fully saturated rings. The molecule has 0 aliphatic carbocycles. The quantitative estimate of drug-likeness (QED) is 0.0907. The largest absolute Gasteiger partial charge is 0.508 e. The molecule has 1 unspecified atom stereocenters. The summed E-state index contributed by atoms with van der Waals surface area (Å²) in [6.45, 7) is 4.37. The van der Waals surface area contributed by atoms with Crippen LogP contribution in [0.5, 0.6) is 11.5 Å². The number of Topliss-reactive ketones (excluding diaryl/α,β-unsaturated/α-hetero) is 1. The van der Waals surface area contributed by atoms with Gasteiger partial charge in [-0.2, -0.15) is 0 Å². The van der Waals surface area contributed by atoms with Crippen LogP contribution in [0, 0.1) is 5.41 Å². The minimum Gasteiger partial charge on any atom is -0.508 e. The van der Waals surface area contributed by atoms with Crippen LogP contribution in [-0.2, 0) is 17.8 Å². The molecule has 7 nitrogen and oxygen atoms in total. The van der Waals surface area contributed by atoms with E-state index in [0.29, 0.717) is 24.6 Å². The summed E-state index contributed by atoms with van der Waals surface area (Å²) in [6.07, 6.45) is 6.64. The molecule has 0 amide bonds. The summed E-state index contributed by atoms with van der Waals surface area (Å²) >= 11 is 6.13. The first-order valence-electron chi connectivity index (χ1n) is 14.5. The number of ketones is 1. The van der Waals surface area contributed by atoms with E-state index < -0.39 is 6.23 Å². The second-order valence-corrected chi connectivity index (χ2v) is 11.2. The molecule has 4 rings (SSSR count). The van der Waals surface area contributed by atoms with Crippen LogP contribution in [0.15, 0.2) is 89.6 Å². The summed E-state index contributed by atoms with van der Waals surface area (Å²) in [7, 11) is 0. The van der Waals surface area contributed by atoms with E-state index in [1.165, 1.54) is 18.2 Å². The van der Waals surface area contributed by atoms with Gasteiger partial charge in [0.1, 0.15) is 16.7 Å². The summed E-state index contributed by atoms with van der Waals surface area (Å²) in [5.41, 5.74) is 5.85. The highest BCUT2D eigenvalue weighted by Crippen LogP contribution is 2.35. The molecule has 0 bridgehead atoms. The Balaban J connectivity index is 1.57. The van der Waals surface area contributed by atoms with Crippen molar-refractivity contribution in [2.75, 3.05) is 4.90 Å². The van der Waals surface area contributed by atoms with E-state index >= 15 is 0 Å². The molecule has 0 spiro atoms. The van der Waals surface area contributed by atoms with Crippen molar-refractivity contribution in [3.8, 4) is 11.5 Å². The zero-order chi connectivity index (χ0) is 30.9. The molecule has 0 radical (unpaired) electrons. The summed E-state index contributed by atoms with van der Waals surface area (Å²) < 4.78 is 0. The Hall–Kier alpha value is -4.20. The van der Waals surface area contributed by atoms with Crippen LogP contribution < -0.4 is 4.90 Å². The maximum Gasteiger partial charge on any atom is 0.176 e. The summed E-state index contributed by atoms with van der Waals surface area (Å²) in [5, 5.41) is 40.5. The maximum atomic E-state index is 12.3. The molecule has 0 saturated carbocycles. The number of rotatable bonds is 13. The van der Waals surface area contributed by atoms with Gasteiger partial charge in [-0.05, 0) is 65.4 Å². The molecule has 43 heavy (non-hydrogen) atoms. The first-order chi connectivity index (χ1) is 20.7. The zero-order valence-electron chi connectivity index (χ0n) is 24.6. The summed E-state index contributed by atoms with van der Waals surface area (Å²) in [4.78, 5) is 18.3. The fourth-order valence-corrected chi connectivity index (χ4v) is 5.13. The maximum absolute atomic E-state index is 12.3. The third-order valence-electron chi connectivity index (χ3n) is 7.50. The number of aliphatic imine (C=N–C) groups is 1. The van der Waals surface area contributed by atoms with Gasteiger partial charge in [0.15, 0.2) is 12.0 Å². The van der Waals surface area contributed by atoms with Crippen molar-refractivity contribution in [2.45, 2.75) is 65.1 Å². The number of aliphatic hydroxyl groups excluding tert-OH is 1. The third-order valence-corrected chi connectivity index (χ3v) is 7.75. The van der Waals surface area contributed by atoms with Crippen LogP contribution in [0.4, 0.5) is 5.69 Å². The fourth-order valence-electron chi connectivity index (χ4n) is 5.00. The van der Waals surface area contributed by atoms with Crippen LogP contribution in [-0.4, -0.2) is 32.0 Å². The number of phenolic OH excluding ortho intramolecular Hbond substituents is 2. The van der Waals surface area contributed by atoms with Gasteiger partial charge >= 0.3 is 0 Å². The predicted molar refractivity (Wildman–Crippen MR) is 174 cm³/mol. The van der Waals surface area contributed by atoms with Crippen molar-refractivity contribution in [3.05, 3.63) is 107 Å². The molecule has 1 heterocycles. The molecule has 1 aliphatic heterocycles. The van der Waals surface area contributed by atoms with Gasteiger partial charge in [-0.25, -0.2) is 4.99 Å². The lowest BCUT2D eigenvalue weighted by Crippen LogP contribution is -2.28. The molecule has 0 aromatic heterocycles. The molecule has 8 heteroatoms. The number of hydrogen-bond acceptors (Lipinski definition) is 7. The van der Waals surface area contributed by atoms with E-state index in [4.69, 9.17) is 17.0 Å². The van der Waals surface area contributed by atoms with Gasteiger partial charge in [-0.15, -0.1) is 0 Å². The lowest BCUT2D eigenvalue weighted by atomic mass is 9.98. The standard InChI is InChI=1S/C35H38ClN3O4/c1-3-4-5-6-32(41)31(37)19-24-7-9-25(10-8-24)22-39(35(43)30-16-15-28(40)20-33(30)42)27-13-11-26(12-14-27)29-17-18-34(36)38-21-23(29)2/h7-17,20-21,35,37,40,42-43H,3-6,18-19,22H2,1-2H3. The number of hydrogen-bond donors (Lipinski definition) is 4. The Labute approximate surface area is 258 Å². The molecule has 3 aromatic rings. The lowest BCUT2D eigenvalue weighted by molar-refractivity contribution is -0.113. The van der Waals surface area contributed by atoms with E-state index in [2.05, 4.69) is 11.9 Å². The average Bonchev–Trinajstić information content (AvgIpc) is 3.16. The molecular formula is C35H38ClN3O4. The molecule has 4 N–H and O–H groups in total. The van der Waals surface area contributed by atoms with Crippen molar-refractivity contribution < 1.29 is 20.1 Å². The van der Waals surface area contributed by atoms with Gasteiger partial charge < -0.3 is 25.6 Å². The highest BCUT2D eigenvalue weighted by molar-refractivity contribution is 6.65. The Morgan fingerprint density at radius 1 is 1.02 bits per heavy atom. The number of benzene rings is 3. The van der Waals surface area contributed by atoms with Crippen molar-refractivity contribution in [1.29, 1.82) is 5.41 Å². The number of anilines is 1. The van der Waals surface area contributed by atoms with E-state index in [1.54, 1.807) is 11.1 Å². The second kappa shape index (κ2) is 14.8. The van der Waals surface area contributed by atoms with Gasteiger partial charge in [0, 0.05) is 49.3 Å². The van der Waals surface area contributed by atoms with Crippen LogP contribution in [0.1, 0.15) is 74.4 Å². The highest BCUT2D eigenvalue weighted by Gasteiger charge is 2.22. The number of carbonyl (C=O) groups excluding carboxylic acids is 1. The van der Waals surface area contributed by atoms with Gasteiger partial charge in [-0.3, -0.25) is 4.79 Å². The van der Waals surface area contributed by atoms with E-state index in [9.17, 15) is 20.1 Å². The van der Waals surface area contributed by atoms with Crippen LogP contribution in [0.3, 0.4) is 0 Å². The van der Waals surface area contributed by atoms with Crippen molar-refractivity contribution in [3.63, 3.8) is 0 Å². The smallest absolute Gasteiger partial charge is 0.176 e. The van der Waals surface area contributed by atoms with Gasteiger partial charge in [0.05, 0.1) is 5.71 Å². The summed E-state index contributed by atoms with van der Waals surface area (Å²) in [6, 6.07) is 19.5. The Kier molecular flexibility index (Phi) is 10.9. The normalized spacial score (nSPS) is 13.8. The number of aromatic hydroxyl groups is 2. The minimum absolute atomic E-state index is 0.0986. The van der Waals surface area contributed by atoms with Crippen LogP contribution in [0.25, 0.3) is 5.57 Å². The number of carbonyl (C=O) groups is 1. The number of halogens is 1. The number of unbranched alkanes of at least 4 members (excludes halogenated alkanes) is 2. The van der Waals surface area contributed by atoms with Gasteiger partial charge in [0.25, 0.3) is 0 Å². The monoisotopic (exact) mass is 599 g/mol. The van der Waals surface area contributed by atoms with Crippen LogP contribution in [0.2, 0.25) is 0 Å². The first kappa shape index (κ1) is 31.7. The first-order valence-corrected chi connectivity index (χ1v) is 14.9. The molecule has 1 aliphatic rings. The topological polar surface area (TPSA) is 117 Å². The second-order valence-electron chi connectivity index (χ2n) is 10.8. The average molecular weight is 600 g/mol. The molecular weight excluding hydrogens is 562 g/mol. The minimum atomic E-state index is -1.22. The number of phenols is 2. The Morgan fingerprint density at radius 3 is 2.40 bits per heavy atom. The Morgan fingerprint density at radius 2 is 1.72 bits per heavy atom. The third kappa shape index (κ3) is 8.43. The number of nitrogens with one attached hydrogen (secondary N) is 1. The lowest BCUT2D eigenvalue weighted by Gasteiger charge is -2.31. The van der Waals surface area contributed by atoms with E-state index in [1.807, 2.05) is 61.5 Å². The highest BCUT2D eigenvalue weighted by atomic mass is 35.5. The van der Waals surface area contributed by atoms with E-state index in [0.717, 1.165) is 52.8 Å². The predicted octanol–water partition coefficient (Wildman–Crippen LogP) is 7.84. The Bertz CT molecular complexity index is 1540. The van der Waals surface area contributed by atoms with Crippen molar-refractivity contribution in [1.82, 2.24) is 0 Å². The van der Waals surface area contributed by atoms with Crippen LogP contribution >= 0.6 is 11.6 Å². The number of nitrogens with zero attached hydrogens (tertiary/aromatic N) is 2. The zero-order valence-corrected chi connectivity index (χ0v) is 25.3. The molecule has 1 atom stereocenters. The SMILES string of the molecule is CCCCCC(=O)C(=N)Cc1ccc(CN(c2ccc(C3=CCC(Cl)=NC=C3C)cc2)C(O)c2ccc(O)cc2O)cc1. The molecule has 3 aromatic carbocycles. The van der Waals surface area contributed by atoms with Crippen molar-refractivity contribution in [2.24, 2.45) is 4.99 Å².